The van der Waals surface area contributed by atoms with E-state index in [2.05, 4.69) is 41.7 Å². The first-order valence-electron chi connectivity index (χ1n) is 8.08. The van der Waals surface area contributed by atoms with Crippen LogP contribution in [-0.2, 0) is 4.74 Å². The molecule has 0 aliphatic rings. The lowest BCUT2D eigenvalue weighted by Crippen LogP contribution is -2.45. The van der Waals surface area contributed by atoms with E-state index in [9.17, 15) is 4.79 Å². The lowest BCUT2D eigenvalue weighted by atomic mass is 10.0. The number of hydrogen-bond acceptors (Lipinski definition) is 3. The summed E-state index contributed by atoms with van der Waals surface area (Å²) >= 11 is 0. The molecule has 0 bridgehead atoms. The van der Waals surface area contributed by atoms with Gasteiger partial charge in [0.2, 0.25) is 0 Å². The van der Waals surface area contributed by atoms with E-state index in [4.69, 9.17) is 4.74 Å². The van der Waals surface area contributed by atoms with Crippen LogP contribution >= 0.6 is 24.0 Å². The Morgan fingerprint density at radius 3 is 2.13 bits per heavy atom. The lowest BCUT2D eigenvalue weighted by Gasteiger charge is -2.20. The second-order valence-corrected chi connectivity index (χ2v) is 6.94. The van der Waals surface area contributed by atoms with Crippen molar-refractivity contribution >= 4 is 36.0 Å². The molecule has 3 N–H and O–H groups in total. The Hall–Kier alpha value is -0.730. The van der Waals surface area contributed by atoms with Gasteiger partial charge in [-0.1, -0.05) is 13.8 Å². The van der Waals surface area contributed by atoms with Crippen LogP contribution in [-0.4, -0.2) is 43.8 Å². The van der Waals surface area contributed by atoms with Crippen molar-refractivity contribution in [2.24, 2.45) is 10.9 Å². The Labute approximate surface area is 158 Å². The number of nitrogens with one attached hydrogen (secondary N) is 3. The van der Waals surface area contributed by atoms with Gasteiger partial charge in [0.05, 0.1) is 0 Å². The summed E-state index contributed by atoms with van der Waals surface area (Å²) in [4.78, 5) is 15.7. The quantitative estimate of drug-likeness (QED) is 0.245. The van der Waals surface area contributed by atoms with Crippen LogP contribution in [0.25, 0.3) is 0 Å². The maximum absolute atomic E-state index is 11.5. The highest BCUT2D eigenvalue weighted by Gasteiger charge is 2.15. The summed E-state index contributed by atoms with van der Waals surface area (Å²) in [5.41, 5.74) is -0.471. The Morgan fingerprint density at radius 2 is 1.65 bits per heavy atom. The maximum Gasteiger partial charge on any atom is 0.407 e. The molecule has 0 rings (SSSR count). The molecule has 0 saturated carbocycles. The van der Waals surface area contributed by atoms with Gasteiger partial charge in [0.15, 0.2) is 5.96 Å². The third kappa shape index (κ3) is 15.9. The van der Waals surface area contributed by atoms with Gasteiger partial charge >= 0.3 is 6.09 Å². The van der Waals surface area contributed by atoms with Crippen LogP contribution in [0.1, 0.15) is 54.4 Å². The topological polar surface area (TPSA) is 74.8 Å². The summed E-state index contributed by atoms with van der Waals surface area (Å²) in [6.45, 7) is 13.2. The van der Waals surface area contributed by atoms with E-state index in [1.54, 1.807) is 7.05 Å². The number of carbonyl (C=O) groups excluding carboxylic acids is 1. The van der Waals surface area contributed by atoms with Crippen molar-refractivity contribution in [3.8, 4) is 0 Å². The molecule has 0 aliphatic heterocycles. The Balaban J connectivity index is 0. The molecule has 1 unspecified atom stereocenters. The van der Waals surface area contributed by atoms with E-state index < -0.39 is 11.7 Å². The molecular formula is C16H35IN4O2. The van der Waals surface area contributed by atoms with E-state index in [-0.39, 0.29) is 24.0 Å². The van der Waals surface area contributed by atoms with Gasteiger partial charge in [-0.25, -0.2) is 4.79 Å². The van der Waals surface area contributed by atoms with Gasteiger partial charge in [-0.2, -0.15) is 0 Å². The van der Waals surface area contributed by atoms with Crippen LogP contribution in [0.5, 0.6) is 0 Å². The van der Waals surface area contributed by atoms with Crippen molar-refractivity contribution in [1.82, 2.24) is 16.0 Å². The number of alkyl carbamates (subject to hydrolysis) is 1. The summed E-state index contributed by atoms with van der Waals surface area (Å²) in [5, 5.41) is 9.22. The first-order chi connectivity index (χ1) is 10.1. The summed E-state index contributed by atoms with van der Waals surface area (Å²) < 4.78 is 5.17. The molecule has 7 heteroatoms. The van der Waals surface area contributed by atoms with Crippen LogP contribution in [0.4, 0.5) is 4.79 Å². The fourth-order valence-electron chi connectivity index (χ4n) is 1.74. The van der Waals surface area contributed by atoms with E-state index in [1.807, 2.05) is 20.8 Å². The average Bonchev–Trinajstić information content (AvgIpc) is 2.37. The highest BCUT2D eigenvalue weighted by atomic mass is 127. The Bertz CT molecular complexity index is 354. The minimum Gasteiger partial charge on any atom is -0.444 e. The highest BCUT2D eigenvalue weighted by molar-refractivity contribution is 14.0. The molecule has 0 aliphatic carbocycles. The molecule has 1 amide bonds. The van der Waals surface area contributed by atoms with E-state index in [0.29, 0.717) is 25.0 Å². The second-order valence-electron chi connectivity index (χ2n) is 6.94. The number of halogens is 1. The minimum atomic E-state index is -0.471. The van der Waals surface area contributed by atoms with Crippen molar-refractivity contribution < 1.29 is 9.53 Å². The fraction of sp³-hybridized carbons (Fsp3) is 0.875. The molecule has 0 heterocycles. The normalized spacial score (nSPS) is 13.1. The number of aliphatic imine (C=N–C) groups is 1. The van der Waals surface area contributed by atoms with Crippen LogP contribution in [0, 0.1) is 5.92 Å². The van der Waals surface area contributed by atoms with E-state index in [1.165, 1.54) is 6.42 Å². The molecule has 0 spiro atoms. The third-order valence-electron chi connectivity index (χ3n) is 2.87. The molecule has 0 aromatic heterocycles. The van der Waals surface area contributed by atoms with E-state index >= 15 is 0 Å². The number of amides is 1. The number of rotatable bonds is 7. The van der Waals surface area contributed by atoms with Crippen LogP contribution < -0.4 is 16.0 Å². The zero-order valence-corrected chi connectivity index (χ0v) is 18.0. The molecule has 1 atom stereocenters. The SMILES string of the molecule is CN=C(NCCNC(=O)OC(C)(C)C)NC(C)CCC(C)C.I. The zero-order chi connectivity index (χ0) is 17.2. The monoisotopic (exact) mass is 442 g/mol. The number of carbonyl (C=O) groups is 1. The summed E-state index contributed by atoms with van der Waals surface area (Å²) in [5.74, 6) is 1.46. The van der Waals surface area contributed by atoms with Crippen molar-refractivity contribution in [2.75, 3.05) is 20.1 Å². The van der Waals surface area contributed by atoms with E-state index in [0.717, 1.165) is 12.4 Å². The molecule has 23 heavy (non-hydrogen) atoms. The standard InChI is InChI=1S/C16H34N4O2.HI/c1-12(2)8-9-13(3)20-14(17-7)18-10-11-19-15(21)22-16(4,5)6;/h12-13H,8-11H2,1-7H3,(H,19,21)(H2,17,18,20);1H. The first-order valence-corrected chi connectivity index (χ1v) is 8.08. The molecule has 0 saturated heterocycles. The third-order valence-corrected chi connectivity index (χ3v) is 2.87. The summed E-state index contributed by atoms with van der Waals surface area (Å²) in [6, 6.07) is 0.368. The van der Waals surface area contributed by atoms with Gasteiger partial charge in [0, 0.05) is 26.2 Å². The molecule has 0 fully saturated rings. The second kappa shape index (κ2) is 12.7. The van der Waals surface area contributed by atoms with Crippen LogP contribution in [0.3, 0.4) is 0 Å². The van der Waals surface area contributed by atoms with Gasteiger partial charge in [0.1, 0.15) is 5.60 Å². The molecular weight excluding hydrogens is 407 g/mol. The van der Waals surface area contributed by atoms with Gasteiger partial charge in [-0.15, -0.1) is 24.0 Å². The highest BCUT2D eigenvalue weighted by Crippen LogP contribution is 2.06. The van der Waals surface area contributed by atoms with Crippen molar-refractivity contribution in [1.29, 1.82) is 0 Å². The van der Waals surface area contributed by atoms with Gasteiger partial charge < -0.3 is 20.7 Å². The zero-order valence-electron chi connectivity index (χ0n) is 15.7. The van der Waals surface area contributed by atoms with Crippen molar-refractivity contribution in [2.45, 2.75) is 66.0 Å². The number of nitrogens with zero attached hydrogens (tertiary/aromatic N) is 1. The average molecular weight is 442 g/mol. The van der Waals surface area contributed by atoms with Crippen molar-refractivity contribution in [3.63, 3.8) is 0 Å². The molecule has 6 nitrogen and oxygen atoms in total. The maximum atomic E-state index is 11.5. The van der Waals surface area contributed by atoms with Crippen molar-refractivity contribution in [3.05, 3.63) is 0 Å². The van der Waals surface area contributed by atoms with Crippen LogP contribution in [0.15, 0.2) is 4.99 Å². The fourth-order valence-corrected chi connectivity index (χ4v) is 1.74. The van der Waals surface area contributed by atoms with Gasteiger partial charge in [-0.05, 0) is 46.5 Å². The largest absolute Gasteiger partial charge is 0.444 e. The summed E-state index contributed by atoms with van der Waals surface area (Å²) in [6.07, 6.45) is 1.89. The number of ether oxygens (including phenoxy) is 1. The Morgan fingerprint density at radius 1 is 1.09 bits per heavy atom. The number of guanidine groups is 1. The summed E-state index contributed by atoms with van der Waals surface area (Å²) in [7, 11) is 1.74. The van der Waals surface area contributed by atoms with Crippen LogP contribution in [0.2, 0.25) is 0 Å². The molecule has 0 aromatic carbocycles. The smallest absolute Gasteiger partial charge is 0.407 e. The minimum absolute atomic E-state index is 0. The Kier molecular flexibility index (Phi) is 13.5. The molecule has 138 valence electrons. The molecule has 0 aromatic rings. The predicted molar refractivity (Wildman–Crippen MR) is 108 cm³/mol. The lowest BCUT2D eigenvalue weighted by molar-refractivity contribution is 0.0529. The predicted octanol–water partition coefficient (Wildman–Crippen LogP) is 3.12. The number of hydrogen-bond donors (Lipinski definition) is 3. The van der Waals surface area contributed by atoms with Gasteiger partial charge in [0.25, 0.3) is 0 Å². The molecule has 0 radical (unpaired) electrons. The first kappa shape index (κ1) is 24.5. The van der Waals surface area contributed by atoms with Gasteiger partial charge in [-0.3, -0.25) is 4.99 Å².